The lowest BCUT2D eigenvalue weighted by atomic mass is 10.2. The normalized spacial score (nSPS) is 10.1. The van der Waals surface area contributed by atoms with Gasteiger partial charge < -0.3 is 15.8 Å². The van der Waals surface area contributed by atoms with Gasteiger partial charge in [0.25, 0.3) is 5.69 Å². The van der Waals surface area contributed by atoms with Gasteiger partial charge in [-0.25, -0.2) is 4.39 Å². The van der Waals surface area contributed by atoms with Crippen LogP contribution in [-0.2, 0) is 0 Å². The van der Waals surface area contributed by atoms with E-state index in [2.05, 4.69) is 5.32 Å². The van der Waals surface area contributed by atoms with E-state index in [9.17, 15) is 14.5 Å². The molecule has 110 valence electrons. The van der Waals surface area contributed by atoms with Crippen molar-refractivity contribution in [1.82, 2.24) is 0 Å². The fourth-order valence-electron chi connectivity index (χ4n) is 1.77. The van der Waals surface area contributed by atoms with Gasteiger partial charge in [-0.15, -0.1) is 0 Å². The summed E-state index contributed by atoms with van der Waals surface area (Å²) in [6.07, 6.45) is 0. The minimum atomic E-state index is -0.569. The maximum Gasteiger partial charge on any atom is 0.292 e. The predicted molar refractivity (Wildman–Crippen MR) is 77.9 cm³/mol. The molecule has 0 aliphatic carbocycles. The lowest BCUT2D eigenvalue weighted by Gasteiger charge is -2.09. The number of nitro groups is 1. The first-order chi connectivity index (χ1) is 10.1. The van der Waals surface area contributed by atoms with E-state index >= 15 is 0 Å². The highest BCUT2D eigenvalue weighted by molar-refractivity contribution is 5.61. The number of halogens is 1. The summed E-state index contributed by atoms with van der Waals surface area (Å²) in [5.41, 5.74) is 6.14. The van der Waals surface area contributed by atoms with Crippen LogP contribution in [0.5, 0.6) is 5.75 Å². The molecule has 0 unspecified atom stereocenters. The summed E-state index contributed by atoms with van der Waals surface area (Å²) in [6, 6.07) is 10.2. The Labute approximate surface area is 120 Å². The van der Waals surface area contributed by atoms with E-state index in [1.54, 1.807) is 24.3 Å². The van der Waals surface area contributed by atoms with Gasteiger partial charge in [-0.05, 0) is 18.2 Å². The van der Waals surface area contributed by atoms with E-state index in [0.29, 0.717) is 18.0 Å². The molecule has 0 bridgehead atoms. The Balaban J connectivity index is 1.91. The number of hydrogen-bond donors (Lipinski definition) is 2. The van der Waals surface area contributed by atoms with Crippen LogP contribution in [0.4, 0.5) is 21.5 Å². The van der Waals surface area contributed by atoms with Crippen LogP contribution in [-0.4, -0.2) is 18.1 Å². The Morgan fingerprint density at radius 1 is 1.29 bits per heavy atom. The first-order valence-corrected chi connectivity index (χ1v) is 6.22. The van der Waals surface area contributed by atoms with E-state index in [1.807, 2.05) is 0 Å². The van der Waals surface area contributed by atoms with Crippen molar-refractivity contribution in [1.29, 1.82) is 0 Å². The molecule has 0 saturated carbocycles. The number of nitrogens with zero attached hydrogens (tertiary/aromatic N) is 1. The number of nitrogens with two attached hydrogens (primary N) is 1. The van der Waals surface area contributed by atoms with Crippen molar-refractivity contribution < 1.29 is 14.1 Å². The molecular weight excluding hydrogens is 277 g/mol. The highest BCUT2D eigenvalue weighted by Gasteiger charge is 2.13. The molecule has 0 fully saturated rings. The van der Waals surface area contributed by atoms with Gasteiger partial charge in [-0.1, -0.05) is 6.07 Å². The molecule has 0 atom stereocenters. The van der Waals surface area contributed by atoms with Crippen molar-refractivity contribution in [3.05, 3.63) is 58.4 Å². The summed E-state index contributed by atoms with van der Waals surface area (Å²) in [7, 11) is 0. The Morgan fingerprint density at radius 3 is 2.81 bits per heavy atom. The predicted octanol–water partition coefficient (Wildman–Crippen LogP) is 2.81. The molecule has 3 N–H and O–H groups in total. The highest BCUT2D eigenvalue weighted by atomic mass is 19.1. The first-order valence-electron chi connectivity index (χ1n) is 6.22. The van der Waals surface area contributed by atoms with Gasteiger partial charge >= 0.3 is 0 Å². The van der Waals surface area contributed by atoms with E-state index < -0.39 is 10.7 Å². The molecule has 0 amide bonds. The van der Waals surface area contributed by atoms with Crippen LogP contribution in [0.2, 0.25) is 0 Å². The van der Waals surface area contributed by atoms with Crippen LogP contribution in [0.15, 0.2) is 42.5 Å². The minimum absolute atomic E-state index is 0.121. The van der Waals surface area contributed by atoms with Crippen LogP contribution in [0.3, 0.4) is 0 Å². The first kappa shape index (κ1) is 14.6. The third kappa shape index (κ3) is 4.07. The van der Waals surface area contributed by atoms with Crippen LogP contribution in [0.1, 0.15) is 0 Å². The van der Waals surface area contributed by atoms with Crippen LogP contribution >= 0.6 is 0 Å². The molecule has 7 heteroatoms. The molecular formula is C14H14FN3O3. The minimum Gasteiger partial charge on any atom is -0.492 e. The molecule has 6 nitrogen and oxygen atoms in total. The Hall–Kier alpha value is -2.83. The van der Waals surface area contributed by atoms with Crippen LogP contribution in [0, 0.1) is 15.9 Å². The fraction of sp³-hybridized carbons (Fsp3) is 0.143. The SMILES string of the molecule is Nc1cccc(OCCNc2cc(F)ccc2[N+](=O)[O-])c1. The van der Waals surface area contributed by atoms with Crippen molar-refractivity contribution >= 4 is 17.1 Å². The molecule has 0 spiro atoms. The van der Waals surface area contributed by atoms with E-state index in [0.717, 1.165) is 18.2 Å². The zero-order valence-corrected chi connectivity index (χ0v) is 11.1. The summed E-state index contributed by atoms with van der Waals surface area (Å²) in [6.45, 7) is 0.552. The topological polar surface area (TPSA) is 90.4 Å². The number of hydrogen-bond acceptors (Lipinski definition) is 5. The van der Waals surface area contributed by atoms with E-state index in [1.165, 1.54) is 0 Å². The van der Waals surface area contributed by atoms with Crippen molar-refractivity contribution in [3.63, 3.8) is 0 Å². The average molecular weight is 291 g/mol. The second kappa shape index (κ2) is 6.56. The molecule has 0 aromatic heterocycles. The van der Waals surface area contributed by atoms with Crippen molar-refractivity contribution in [2.45, 2.75) is 0 Å². The molecule has 21 heavy (non-hydrogen) atoms. The molecule has 2 aromatic rings. The smallest absolute Gasteiger partial charge is 0.292 e. The quantitative estimate of drug-likeness (QED) is 0.369. The standard InChI is InChI=1S/C14H14FN3O3/c15-10-4-5-14(18(19)20)13(8-10)17-6-7-21-12-3-1-2-11(16)9-12/h1-5,8-9,17H,6-7,16H2. The van der Waals surface area contributed by atoms with Crippen molar-refractivity contribution in [2.24, 2.45) is 0 Å². The van der Waals surface area contributed by atoms with Gasteiger partial charge in [0, 0.05) is 30.4 Å². The highest BCUT2D eigenvalue weighted by Crippen LogP contribution is 2.24. The molecule has 0 aliphatic heterocycles. The lowest BCUT2D eigenvalue weighted by Crippen LogP contribution is -2.12. The molecule has 2 aromatic carbocycles. The summed E-state index contributed by atoms with van der Waals surface area (Å²) in [5, 5.41) is 13.6. The summed E-state index contributed by atoms with van der Waals surface area (Å²) >= 11 is 0. The third-order valence-corrected chi connectivity index (χ3v) is 2.70. The van der Waals surface area contributed by atoms with Crippen LogP contribution in [0.25, 0.3) is 0 Å². The molecule has 0 radical (unpaired) electrons. The number of ether oxygens (including phenoxy) is 1. The number of nitrogens with one attached hydrogen (secondary N) is 1. The number of nitrogen functional groups attached to an aromatic ring is 1. The van der Waals surface area contributed by atoms with Crippen molar-refractivity contribution in [2.75, 3.05) is 24.2 Å². The van der Waals surface area contributed by atoms with Gasteiger partial charge in [-0.3, -0.25) is 10.1 Å². The van der Waals surface area contributed by atoms with Gasteiger partial charge in [0.1, 0.15) is 23.9 Å². The zero-order valence-electron chi connectivity index (χ0n) is 11.1. The molecule has 0 saturated heterocycles. The van der Waals surface area contributed by atoms with Gasteiger partial charge in [0.15, 0.2) is 0 Å². The summed E-state index contributed by atoms with van der Waals surface area (Å²) in [4.78, 5) is 10.3. The largest absolute Gasteiger partial charge is 0.492 e. The van der Waals surface area contributed by atoms with Crippen LogP contribution < -0.4 is 15.8 Å². The van der Waals surface area contributed by atoms with E-state index in [-0.39, 0.29) is 18.0 Å². The Kier molecular flexibility index (Phi) is 4.55. The van der Waals surface area contributed by atoms with Gasteiger partial charge in [0.2, 0.25) is 0 Å². The number of rotatable bonds is 6. The zero-order chi connectivity index (χ0) is 15.2. The second-order valence-corrected chi connectivity index (χ2v) is 4.27. The lowest BCUT2D eigenvalue weighted by molar-refractivity contribution is -0.384. The number of nitro benzene ring substituents is 1. The number of benzene rings is 2. The Bertz CT molecular complexity index is 649. The molecule has 0 aliphatic rings. The third-order valence-electron chi connectivity index (χ3n) is 2.70. The maximum atomic E-state index is 13.1. The fourth-order valence-corrected chi connectivity index (χ4v) is 1.77. The van der Waals surface area contributed by atoms with Gasteiger partial charge in [-0.2, -0.15) is 0 Å². The van der Waals surface area contributed by atoms with Gasteiger partial charge in [0.05, 0.1) is 4.92 Å². The second-order valence-electron chi connectivity index (χ2n) is 4.27. The molecule has 2 rings (SSSR count). The average Bonchev–Trinajstić information content (AvgIpc) is 2.43. The number of anilines is 2. The molecule has 0 heterocycles. The maximum absolute atomic E-state index is 13.1. The summed E-state index contributed by atoms with van der Waals surface area (Å²) in [5.74, 6) is 0.0605. The summed E-state index contributed by atoms with van der Waals surface area (Å²) < 4.78 is 18.6. The van der Waals surface area contributed by atoms with Crippen molar-refractivity contribution in [3.8, 4) is 5.75 Å². The Morgan fingerprint density at radius 2 is 2.10 bits per heavy atom. The monoisotopic (exact) mass is 291 g/mol. The van der Waals surface area contributed by atoms with E-state index in [4.69, 9.17) is 10.5 Å².